The fourth-order valence-electron chi connectivity index (χ4n) is 1.90. The van der Waals surface area contributed by atoms with Gasteiger partial charge in [-0.15, -0.1) is 0 Å². The summed E-state index contributed by atoms with van der Waals surface area (Å²) < 4.78 is 5.08. The average molecular weight is 294 g/mol. The Morgan fingerprint density at radius 3 is 2.57 bits per heavy atom. The minimum atomic E-state index is -0.948. The van der Waals surface area contributed by atoms with E-state index in [-0.39, 0.29) is 13.0 Å². The molecule has 0 radical (unpaired) electrons. The first kappa shape index (κ1) is 17.0. The molecule has 1 aromatic rings. The monoisotopic (exact) mass is 294 g/mol. The van der Waals surface area contributed by atoms with Crippen LogP contribution in [0, 0.1) is 0 Å². The van der Waals surface area contributed by atoms with Gasteiger partial charge in [-0.05, 0) is 24.9 Å². The van der Waals surface area contributed by atoms with Crippen molar-refractivity contribution in [2.75, 3.05) is 6.54 Å². The van der Waals surface area contributed by atoms with E-state index in [1.807, 2.05) is 30.3 Å². The van der Waals surface area contributed by atoms with Gasteiger partial charge in [0.25, 0.3) is 0 Å². The number of amides is 1. The number of hydrogen-bond acceptors (Lipinski definition) is 4. The highest BCUT2D eigenvalue weighted by molar-refractivity contribution is 5.71. The average Bonchev–Trinajstić information content (AvgIpc) is 2.46. The van der Waals surface area contributed by atoms with Crippen LogP contribution in [-0.4, -0.2) is 29.8 Å². The van der Waals surface area contributed by atoms with Gasteiger partial charge in [-0.2, -0.15) is 0 Å². The van der Waals surface area contributed by atoms with E-state index in [9.17, 15) is 9.59 Å². The molecule has 1 atom stereocenters. The summed E-state index contributed by atoms with van der Waals surface area (Å²) in [5, 5.41) is 11.4. The molecule has 21 heavy (non-hydrogen) atoms. The molecule has 0 saturated carbocycles. The first-order chi connectivity index (χ1) is 10.1. The Morgan fingerprint density at radius 1 is 1.24 bits per heavy atom. The maximum absolute atomic E-state index is 11.7. The highest BCUT2D eigenvalue weighted by Crippen LogP contribution is 2.06. The first-order valence-corrected chi connectivity index (χ1v) is 7.01. The van der Waals surface area contributed by atoms with Crippen molar-refractivity contribution in [3.05, 3.63) is 35.9 Å². The van der Waals surface area contributed by atoms with Gasteiger partial charge in [-0.1, -0.05) is 36.8 Å². The second-order valence-electron chi connectivity index (χ2n) is 4.79. The van der Waals surface area contributed by atoms with Crippen molar-refractivity contribution in [1.82, 2.24) is 5.32 Å². The number of nitrogens with two attached hydrogens (primary N) is 1. The van der Waals surface area contributed by atoms with Crippen molar-refractivity contribution < 1.29 is 19.4 Å². The summed E-state index contributed by atoms with van der Waals surface area (Å²) in [6.07, 6.45) is 1.43. The van der Waals surface area contributed by atoms with E-state index in [0.29, 0.717) is 13.0 Å². The number of benzene rings is 1. The Balaban J connectivity index is 2.37. The molecule has 0 heterocycles. The van der Waals surface area contributed by atoms with Gasteiger partial charge in [0, 0.05) is 6.04 Å². The maximum atomic E-state index is 11.7. The van der Waals surface area contributed by atoms with Crippen LogP contribution in [0.1, 0.15) is 31.2 Å². The normalized spacial score (nSPS) is 11.7. The summed E-state index contributed by atoms with van der Waals surface area (Å²) in [6, 6.07) is 8.86. The lowest BCUT2D eigenvalue weighted by Gasteiger charge is -2.16. The molecular weight excluding hydrogens is 272 g/mol. The van der Waals surface area contributed by atoms with Crippen LogP contribution in [-0.2, 0) is 16.1 Å². The van der Waals surface area contributed by atoms with Gasteiger partial charge in [0.15, 0.2) is 0 Å². The third-order valence-electron chi connectivity index (χ3n) is 2.96. The smallest absolute Gasteiger partial charge is 0.407 e. The zero-order valence-corrected chi connectivity index (χ0v) is 12.0. The van der Waals surface area contributed by atoms with Gasteiger partial charge < -0.3 is 20.9 Å². The zero-order valence-electron chi connectivity index (χ0n) is 12.0. The van der Waals surface area contributed by atoms with E-state index in [1.54, 1.807) is 0 Å². The summed E-state index contributed by atoms with van der Waals surface area (Å²) in [6.45, 7) is 0.716. The fraction of sp³-hybridized carbons (Fsp3) is 0.467. The highest BCUT2D eigenvalue weighted by Gasteiger charge is 2.16. The fourth-order valence-corrected chi connectivity index (χ4v) is 1.90. The highest BCUT2D eigenvalue weighted by atomic mass is 16.5. The van der Waals surface area contributed by atoms with Gasteiger partial charge >= 0.3 is 12.1 Å². The van der Waals surface area contributed by atoms with Crippen molar-refractivity contribution in [3.8, 4) is 0 Å². The van der Waals surface area contributed by atoms with Crippen LogP contribution < -0.4 is 11.1 Å². The summed E-state index contributed by atoms with van der Waals surface area (Å²) in [7, 11) is 0. The number of rotatable bonds is 9. The molecule has 116 valence electrons. The second-order valence-corrected chi connectivity index (χ2v) is 4.79. The Labute approximate surface area is 124 Å². The number of unbranched alkanes of at least 4 members (excludes halogenated alkanes) is 1. The van der Waals surface area contributed by atoms with Gasteiger partial charge in [-0.3, -0.25) is 4.79 Å². The van der Waals surface area contributed by atoms with Crippen LogP contribution >= 0.6 is 0 Å². The summed E-state index contributed by atoms with van der Waals surface area (Å²) in [4.78, 5) is 22.5. The molecule has 6 heteroatoms. The predicted octanol–water partition coefficient (Wildman–Crippen LogP) is 1.89. The number of aliphatic carboxylic acids is 1. The van der Waals surface area contributed by atoms with E-state index in [4.69, 9.17) is 15.6 Å². The van der Waals surface area contributed by atoms with Crippen molar-refractivity contribution in [1.29, 1.82) is 0 Å². The topological polar surface area (TPSA) is 102 Å². The van der Waals surface area contributed by atoms with Crippen molar-refractivity contribution in [3.63, 3.8) is 0 Å². The quantitative estimate of drug-likeness (QED) is 0.604. The lowest BCUT2D eigenvalue weighted by molar-refractivity contribution is -0.137. The lowest BCUT2D eigenvalue weighted by Crippen LogP contribution is -2.36. The molecule has 0 unspecified atom stereocenters. The van der Waals surface area contributed by atoms with Crippen LogP contribution in [0.25, 0.3) is 0 Å². The molecule has 4 N–H and O–H groups in total. The number of alkyl carbamates (subject to hydrolysis) is 1. The number of carboxylic acids is 1. The van der Waals surface area contributed by atoms with Crippen LogP contribution in [0.3, 0.4) is 0 Å². The molecular formula is C15H22N2O4. The summed E-state index contributed by atoms with van der Waals surface area (Å²) in [5.41, 5.74) is 6.28. The largest absolute Gasteiger partial charge is 0.481 e. The molecule has 1 rings (SSSR count). The molecule has 0 aliphatic rings. The minimum absolute atomic E-state index is 0.120. The third-order valence-corrected chi connectivity index (χ3v) is 2.96. The Hall–Kier alpha value is -2.08. The molecule has 6 nitrogen and oxygen atoms in total. The first-order valence-electron chi connectivity index (χ1n) is 7.01. The number of carboxylic acid groups (broad SMARTS) is 1. The molecule has 0 bridgehead atoms. The number of nitrogens with one attached hydrogen (secondary N) is 1. The number of ether oxygens (including phenoxy) is 1. The van der Waals surface area contributed by atoms with E-state index in [0.717, 1.165) is 18.4 Å². The Morgan fingerprint density at radius 2 is 1.95 bits per heavy atom. The van der Waals surface area contributed by atoms with E-state index in [1.165, 1.54) is 0 Å². The minimum Gasteiger partial charge on any atom is -0.481 e. The predicted molar refractivity (Wildman–Crippen MR) is 78.7 cm³/mol. The van der Waals surface area contributed by atoms with Gasteiger partial charge in [-0.25, -0.2) is 4.79 Å². The van der Waals surface area contributed by atoms with Crippen LogP contribution in [0.5, 0.6) is 0 Å². The molecule has 0 saturated heterocycles. The van der Waals surface area contributed by atoms with Crippen molar-refractivity contribution in [2.24, 2.45) is 5.73 Å². The summed E-state index contributed by atoms with van der Waals surface area (Å²) >= 11 is 0. The van der Waals surface area contributed by atoms with Gasteiger partial charge in [0.05, 0.1) is 6.42 Å². The third kappa shape index (κ3) is 7.94. The van der Waals surface area contributed by atoms with Crippen LogP contribution in [0.2, 0.25) is 0 Å². The van der Waals surface area contributed by atoms with Crippen LogP contribution in [0.15, 0.2) is 30.3 Å². The van der Waals surface area contributed by atoms with E-state index >= 15 is 0 Å². The second kappa shape index (κ2) is 9.77. The van der Waals surface area contributed by atoms with Crippen molar-refractivity contribution >= 4 is 12.1 Å². The molecule has 1 aromatic carbocycles. The maximum Gasteiger partial charge on any atom is 0.407 e. The van der Waals surface area contributed by atoms with E-state index < -0.39 is 18.1 Å². The van der Waals surface area contributed by atoms with Gasteiger partial charge in [0.2, 0.25) is 0 Å². The molecule has 0 aromatic heterocycles. The standard InChI is InChI=1S/C15H22N2O4/c16-9-5-4-8-13(10-14(18)19)17-15(20)21-11-12-6-2-1-3-7-12/h1-3,6-7,13H,4-5,8-11,16H2,(H,17,20)(H,18,19)/t13-/m0/s1. The number of carbonyl (C=O) groups is 2. The molecule has 0 aliphatic carbocycles. The number of hydrogen-bond donors (Lipinski definition) is 3. The zero-order chi connectivity index (χ0) is 15.5. The SMILES string of the molecule is NCCCC[C@@H](CC(=O)O)NC(=O)OCc1ccccc1. The molecule has 0 spiro atoms. The van der Waals surface area contributed by atoms with E-state index in [2.05, 4.69) is 5.32 Å². The van der Waals surface area contributed by atoms with Crippen molar-refractivity contribution in [2.45, 2.75) is 38.3 Å². The Bertz CT molecular complexity index is 437. The summed E-state index contributed by atoms with van der Waals surface area (Å²) in [5.74, 6) is -0.948. The Kier molecular flexibility index (Phi) is 7.89. The molecule has 0 fully saturated rings. The van der Waals surface area contributed by atoms with Crippen LogP contribution in [0.4, 0.5) is 4.79 Å². The molecule has 0 aliphatic heterocycles. The lowest BCUT2D eigenvalue weighted by atomic mass is 10.1. The van der Waals surface area contributed by atoms with Gasteiger partial charge in [0.1, 0.15) is 6.61 Å². The number of carbonyl (C=O) groups excluding carboxylic acids is 1. The molecule has 1 amide bonds.